The lowest BCUT2D eigenvalue weighted by atomic mass is 10.2. The number of aromatic nitrogens is 3. The number of benzene rings is 1. The number of anilines is 1. The summed E-state index contributed by atoms with van der Waals surface area (Å²) >= 11 is 5.00. The number of amides is 1. The molecule has 10 heteroatoms. The largest absolute Gasteiger partial charge is 0.497 e. The summed E-state index contributed by atoms with van der Waals surface area (Å²) in [7, 11) is 1.63. The van der Waals surface area contributed by atoms with Crippen molar-refractivity contribution in [1.82, 2.24) is 20.3 Å². The first-order chi connectivity index (χ1) is 14.2. The maximum atomic E-state index is 12.3. The molecule has 29 heavy (non-hydrogen) atoms. The highest BCUT2D eigenvalue weighted by Crippen LogP contribution is 2.34. The Morgan fingerprint density at radius 2 is 2.17 bits per heavy atom. The van der Waals surface area contributed by atoms with Crippen LogP contribution in [-0.2, 0) is 11.3 Å². The second kappa shape index (κ2) is 9.64. The van der Waals surface area contributed by atoms with E-state index in [0.717, 1.165) is 50.8 Å². The average molecular weight is 448 g/mol. The Hall–Kier alpha value is -2.04. The monoisotopic (exact) mass is 447 g/mol. The summed E-state index contributed by atoms with van der Waals surface area (Å²) in [6.45, 7) is 2.48. The maximum absolute atomic E-state index is 12.3. The third kappa shape index (κ3) is 5.12. The number of nitrogens with one attached hydrogen (secondary N) is 1. The van der Waals surface area contributed by atoms with Crippen molar-refractivity contribution in [3.63, 3.8) is 0 Å². The fourth-order valence-electron chi connectivity index (χ4n) is 2.88. The maximum Gasteiger partial charge on any atom is 0.230 e. The second-order valence-corrected chi connectivity index (χ2v) is 9.51. The normalized spacial score (nSPS) is 14.2. The predicted octanol–water partition coefficient (Wildman–Crippen LogP) is 3.06. The van der Waals surface area contributed by atoms with Crippen LogP contribution in [0.25, 0.3) is 10.3 Å². The smallest absolute Gasteiger partial charge is 0.230 e. The summed E-state index contributed by atoms with van der Waals surface area (Å²) in [6.07, 6.45) is 1.52. The van der Waals surface area contributed by atoms with Gasteiger partial charge in [0.1, 0.15) is 21.8 Å². The number of thioether (sulfide) groups is 2. The van der Waals surface area contributed by atoms with E-state index < -0.39 is 0 Å². The molecule has 3 aromatic rings. The van der Waals surface area contributed by atoms with Crippen molar-refractivity contribution in [1.29, 1.82) is 0 Å². The molecular weight excluding hydrogens is 426 g/mol. The van der Waals surface area contributed by atoms with Crippen molar-refractivity contribution in [3.8, 4) is 5.75 Å². The number of nitrogens with zero attached hydrogens (tertiary/aromatic N) is 4. The molecule has 0 aliphatic carbocycles. The Morgan fingerprint density at radius 3 is 3.00 bits per heavy atom. The van der Waals surface area contributed by atoms with E-state index in [0.29, 0.717) is 17.9 Å². The molecule has 1 aliphatic heterocycles. The molecule has 1 N–H and O–H groups in total. The molecular formula is C19H21N5O2S3. The number of thiazole rings is 1. The highest BCUT2D eigenvalue weighted by Gasteiger charge is 2.18. The lowest BCUT2D eigenvalue weighted by Gasteiger charge is -2.25. The van der Waals surface area contributed by atoms with Gasteiger partial charge in [0.25, 0.3) is 0 Å². The minimum Gasteiger partial charge on any atom is -0.497 e. The lowest BCUT2D eigenvalue weighted by Crippen LogP contribution is -2.32. The number of methoxy groups -OCH3 is 1. The second-order valence-electron chi connectivity index (χ2n) is 6.34. The van der Waals surface area contributed by atoms with Gasteiger partial charge in [0.2, 0.25) is 5.91 Å². The molecule has 1 fully saturated rings. The molecule has 0 saturated carbocycles. The van der Waals surface area contributed by atoms with Crippen LogP contribution in [0.2, 0.25) is 0 Å². The predicted molar refractivity (Wildman–Crippen MR) is 120 cm³/mol. The van der Waals surface area contributed by atoms with Crippen LogP contribution < -0.4 is 15.0 Å². The van der Waals surface area contributed by atoms with Crippen molar-refractivity contribution >= 4 is 56.2 Å². The van der Waals surface area contributed by atoms with Crippen molar-refractivity contribution in [2.75, 3.05) is 42.4 Å². The molecule has 4 rings (SSSR count). The topological polar surface area (TPSA) is 80.2 Å². The number of hydrogen-bond acceptors (Lipinski definition) is 9. The lowest BCUT2D eigenvalue weighted by molar-refractivity contribution is -0.118. The molecule has 2 aromatic heterocycles. The molecule has 0 bridgehead atoms. The van der Waals surface area contributed by atoms with Crippen LogP contribution in [-0.4, -0.2) is 58.3 Å². The van der Waals surface area contributed by atoms with Crippen LogP contribution in [0.4, 0.5) is 5.13 Å². The molecule has 7 nitrogen and oxygen atoms in total. The van der Waals surface area contributed by atoms with Gasteiger partial charge in [-0.3, -0.25) is 4.79 Å². The summed E-state index contributed by atoms with van der Waals surface area (Å²) in [5.74, 6) is 3.28. The highest BCUT2D eigenvalue weighted by molar-refractivity contribution is 8.00. The molecule has 0 spiro atoms. The molecule has 1 amide bonds. The number of fused-ring (bicyclic) bond motifs is 1. The number of carbonyl (C=O) groups is 1. The fourth-order valence-corrected chi connectivity index (χ4v) is 5.76. The third-order valence-corrected chi connectivity index (χ3v) is 7.57. The van der Waals surface area contributed by atoms with Crippen molar-refractivity contribution in [2.24, 2.45) is 0 Å². The zero-order valence-electron chi connectivity index (χ0n) is 16.0. The van der Waals surface area contributed by atoms with Gasteiger partial charge in [-0.1, -0.05) is 35.2 Å². The van der Waals surface area contributed by atoms with E-state index in [9.17, 15) is 4.79 Å². The molecule has 1 aromatic carbocycles. The van der Waals surface area contributed by atoms with Crippen LogP contribution in [0, 0.1) is 0 Å². The van der Waals surface area contributed by atoms with Crippen LogP contribution in [0.1, 0.15) is 5.56 Å². The van der Waals surface area contributed by atoms with Gasteiger partial charge in [0, 0.05) is 31.1 Å². The molecule has 1 saturated heterocycles. The van der Waals surface area contributed by atoms with Gasteiger partial charge in [0.05, 0.1) is 12.9 Å². The SMILES string of the molecule is COc1cccc(CNC(=O)CSc2ncnc3nc(N4CCSCC4)sc23)c1. The van der Waals surface area contributed by atoms with Crippen LogP contribution in [0.15, 0.2) is 35.6 Å². The van der Waals surface area contributed by atoms with Crippen molar-refractivity contribution < 1.29 is 9.53 Å². The first-order valence-corrected chi connectivity index (χ1v) is 12.2. The molecule has 0 radical (unpaired) electrons. The summed E-state index contributed by atoms with van der Waals surface area (Å²) in [6, 6.07) is 7.67. The van der Waals surface area contributed by atoms with E-state index >= 15 is 0 Å². The molecule has 3 heterocycles. The van der Waals surface area contributed by atoms with E-state index in [1.165, 1.54) is 18.1 Å². The van der Waals surface area contributed by atoms with Gasteiger partial charge in [-0.25, -0.2) is 9.97 Å². The zero-order chi connectivity index (χ0) is 20.1. The fraction of sp³-hybridized carbons (Fsp3) is 0.368. The van der Waals surface area contributed by atoms with E-state index in [1.54, 1.807) is 18.4 Å². The Labute approximate surface area is 181 Å². The standard InChI is InChI=1S/C19H21N5O2S3/c1-26-14-4-2-3-13(9-14)10-20-15(25)11-28-18-16-17(21-12-22-18)23-19(29-16)24-5-7-27-8-6-24/h2-4,9,12H,5-8,10-11H2,1H3,(H,20,25). The number of ether oxygens (including phenoxy) is 1. The Balaban J connectivity index is 1.37. The zero-order valence-corrected chi connectivity index (χ0v) is 18.4. The van der Waals surface area contributed by atoms with E-state index in [2.05, 4.69) is 25.2 Å². The number of carbonyl (C=O) groups excluding carboxylic acids is 1. The van der Waals surface area contributed by atoms with Gasteiger partial charge >= 0.3 is 0 Å². The Bertz CT molecular complexity index is 991. The van der Waals surface area contributed by atoms with Crippen LogP contribution >= 0.6 is 34.9 Å². The minimum absolute atomic E-state index is 0.0395. The Kier molecular flexibility index (Phi) is 6.73. The van der Waals surface area contributed by atoms with E-state index in [-0.39, 0.29) is 5.91 Å². The molecule has 1 aliphatic rings. The summed E-state index contributed by atoms with van der Waals surface area (Å²) in [5.41, 5.74) is 1.71. The van der Waals surface area contributed by atoms with Gasteiger partial charge in [-0.15, -0.1) is 0 Å². The Morgan fingerprint density at radius 1 is 1.31 bits per heavy atom. The van der Waals surface area contributed by atoms with E-state index in [1.807, 2.05) is 36.0 Å². The molecule has 152 valence electrons. The van der Waals surface area contributed by atoms with E-state index in [4.69, 9.17) is 4.74 Å². The quantitative estimate of drug-likeness (QED) is 0.437. The van der Waals surface area contributed by atoms with Gasteiger partial charge in [-0.2, -0.15) is 16.7 Å². The third-order valence-electron chi connectivity index (χ3n) is 4.39. The average Bonchev–Trinajstić information content (AvgIpc) is 3.22. The first kappa shape index (κ1) is 20.2. The van der Waals surface area contributed by atoms with Crippen molar-refractivity contribution in [2.45, 2.75) is 11.6 Å². The summed E-state index contributed by atoms with van der Waals surface area (Å²) in [5, 5.41) is 4.74. The van der Waals surface area contributed by atoms with Gasteiger partial charge in [0.15, 0.2) is 10.8 Å². The molecule has 0 atom stereocenters. The van der Waals surface area contributed by atoms with Crippen molar-refractivity contribution in [3.05, 3.63) is 36.2 Å². The number of rotatable bonds is 7. The van der Waals surface area contributed by atoms with Gasteiger partial charge < -0.3 is 15.0 Å². The number of hydrogen-bond donors (Lipinski definition) is 1. The van der Waals surface area contributed by atoms with Crippen LogP contribution in [0.5, 0.6) is 5.75 Å². The minimum atomic E-state index is -0.0395. The first-order valence-electron chi connectivity index (χ1n) is 9.19. The van der Waals surface area contributed by atoms with Gasteiger partial charge in [-0.05, 0) is 17.7 Å². The molecule has 0 unspecified atom stereocenters. The highest BCUT2D eigenvalue weighted by atomic mass is 32.2. The van der Waals surface area contributed by atoms with Crippen LogP contribution in [0.3, 0.4) is 0 Å². The summed E-state index contributed by atoms with van der Waals surface area (Å²) < 4.78 is 6.16. The summed E-state index contributed by atoms with van der Waals surface area (Å²) in [4.78, 5) is 28.0.